The number of ether oxygens (including phenoxy) is 1. The first-order valence-corrected chi connectivity index (χ1v) is 11.5. The molecule has 2 aliphatic heterocycles. The maximum absolute atomic E-state index is 12.8. The molecule has 5 N–H and O–H groups in total. The zero-order valence-electron chi connectivity index (χ0n) is 17.2. The fraction of sp³-hybridized carbons (Fsp3) is 0.200. The lowest BCUT2D eigenvalue weighted by Gasteiger charge is -2.49. The third kappa shape index (κ3) is 4.26. The molecule has 34 heavy (non-hydrogen) atoms. The predicted octanol–water partition coefficient (Wildman–Crippen LogP) is 0.593. The van der Waals surface area contributed by atoms with Gasteiger partial charge in [-0.2, -0.15) is 5.26 Å². The van der Waals surface area contributed by atoms with Gasteiger partial charge < -0.3 is 26.1 Å². The highest BCUT2D eigenvalue weighted by atomic mass is 32.2. The number of nitrogens with zero attached hydrogens (tertiary/aromatic N) is 4. The Bertz CT molecular complexity index is 1280. The number of carboxylic acids is 1. The van der Waals surface area contributed by atoms with Crippen molar-refractivity contribution >= 4 is 51.7 Å². The molecule has 2 aliphatic rings. The molecule has 1 aromatic carbocycles. The summed E-state index contributed by atoms with van der Waals surface area (Å²) >= 11 is 2.31. The Hall–Kier alpha value is -4.09. The number of hydrogen-bond donors (Lipinski definition) is 4. The number of β-lactam (4-membered cyclic amide) rings is 1. The Morgan fingerprint density at radius 1 is 1.44 bits per heavy atom. The fourth-order valence-corrected chi connectivity index (χ4v) is 5.31. The van der Waals surface area contributed by atoms with Crippen LogP contribution in [0, 0.1) is 11.3 Å². The van der Waals surface area contributed by atoms with Gasteiger partial charge in [-0.3, -0.25) is 14.5 Å². The number of carbonyl (C=O) groups excluding carboxylic acids is 2. The number of hydrogen-bond acceptors (Lipinski definition) is 11. The molecule has 1 saturated heterocycles. The van der Waals surface area contributed by atoms with E-state index in [-0.39, 0.29) is 28.9 Å². The molecular formula is C20H16N6O6S2. The van der Waals surface area contributed by atoms with Gasteiger partial charge in [-0.15, -0.1) is 23.1 Å². The number of aromatic nitrogens is 1. The molecule has 0 spiro atoms. The van der Waals surface area contributed by atoms with Gasteiger partial charge in [0, 0.05) is 16.7 Å². The molecular weight excluding hydrogens is 484 g/mol. The topological polar surface area (TPSA) is 191 Å². The van der Waals surface area contributed by atoms with E-state index in [9.17, 15) is 24.7 Å². The van der Waals surface area contributed by atoms with Crippen LogP contribution in [0.4, 0.5) is 5.13 Å². The molecule has 4 rings (SSSR count). The Kier molecular flexibility index (Phi) is 6.39. The van der Waals surface area contributed by atoms with Gasteiger partial charge in [0.25, 0.3) is 11.8 Å². The molecule has 14 heteroatoms. The monoisotopic (exact) mass is 500 g/mol. The predicted molar refractivity (Wildman–Crippen MR) is 121 cm³/mol. The van der Waals surface area contributed by atoms with Crippen molar-refractivity contribution in [2.45, 2.75) is 11.4 Å². The number of aliphatic carboxylic acids is 1. The lowest BCUT2D eigenvalue weighted by molar-refractivity contribution is -0.150. The summed E-state index contributed by atoms with van der Waals surface area (Å²) < 4.78 is 5.65. The van der Waals surface area contributed by atoms with Crippen LogP contribution >= 0.6 is 23.1 Å². The smallest absolute Gasteiger partial charge is 0.352 e. The van der Waals surface area contributed by atoms with Crippen LogP contribution in [-0.2, 0) is 14.4 Å². The molecule has 1 aromatic heterocycles. The number of benzene rings is 1. The van der Waals surface area contributed by atoms with E-state index in [1.807, 2.05) is 6.07 Å². The Morgan fingerprint density at radius 3 is 2.88 bits per heavy atom. The molecule has 1 unspecified atom stereocenters. The number of nitrogen functional groups attached to an aromatic ring is 1. The van der Waals surface area contributed by atoms with Crippen LogP contribution < -0.4 is 15.8 Å². The average molecular weight is 501 g/mol. The second-order valence-electron chi connectivity index (χ2n) is 7.07. The number of anilines is 1. The van der Waals surface area contributed by atoms with Crippen molar-refractivity contribution in [2.75, 3.05) is 18.1 Å². The van der Waals surface area contributed by atoms with E-state index in [1.165, 1.54) is 23.2 Å². The molecule has 174 valence electrons. The molecule has 2 atom stereocenters. The van der Waals surface area contributed by atoms with Gasteiger partial charge >= 0.3 is 5.97 Å². The number of carboxylic acid groups (broad SMARTS) is 1. The number of oxime groups is 1. The summed E-state index contributed by atoms with van der Waals surface area (Å²) in [5.74, 6) is -2.14. The quantitative estimate of drug-likeness (QED) is 0.181. The lowest BCUT2D eigenvalue weighted by atomic mass is 10.0. The number of thiazole rings is 1. The minimum atomic E-state index is -1.30. The molecule has 0 saturated carbocycles. The van der Waals surface area contributed by atoms with Crippen LogP contribution in [0.15, 0.2) is 46.1 Å². The highest BCUT2D eigenvalue weighted by molar-refractivity contribution is 8.00. The molecule has 1 fully saturated rings. The van der Waals surface area contributed by atoms with E-state index in [1.54, 1.807) is 18.2 Å². The normalized spacial score (nSPS) is 19.7. The van der Waals surface area contributed by atoms with Crippen molar-refractivity contribution in [3.8, 4) is 11.8 Å². The van der Waals surface area contributed by atoms with Gasteiger partial charge in [0.1, 0.15) is 35.2 Å². The van der Waals surface area contributed by atoms with Gasteiger partial charge in [-0.25, -0.2) is 9.78 Å². The van der Waals surface area contributed by atoms with Crippen molar-refractivity contribution in [1.29, 1.82) is 5.26 Å². The fourth-order valence-electron chi connectivity index (χ4n) is 3.44. The molecule has 0 aliphatic carbocycles. The van der Waals surface area contributed by atoms with E-state index in [4.69, 9.17) is 15.7 Å². The number of fused-ring (bicyclic) bond motifs is 1. The van der Waals surface area contributed by atoms with Crippen molar-refractivity contribution in [2.24, 2.45) is 5.16 Å². The first-order valence-electron chi connectivity index (χ1n) is 9.61. The van der Waals surface area contributed by atoms with E-state index in [2.05, 4.69) is 15.5 Å². The summed E-state index contributed by atoms with van der Waals surface area (Å²) in [6, 6.07) is 7.39. The van der Waals surface area contributed by atoms with Crippen molar-refractivity contribution in [1.82, 2.24) is 15.2 Å². The lowest BCUT2D eigenvalue weighted by Crippen LogP contribution is -2.71. The van der Waals surface area contributed by atoms with E-state index < -0.39 is 34.9 Å². The molecule has 0 radical (unpaired) electrons. The van der Waals surface area contributed by atoms with E-state index in [0.717, 1.165) is 16.2 Å². The van der Waals surface area contributed by atoms with Gasteiger partial charge in [0.15, 0.2) is 10.8 Å². The number of nitriles is 1. The maximum Gasteiger partial charge on any atom is 0.352 e. The number of thioether (sulfide) groups is 1. The Balaban J connectivity index is 1.48. The number of carbonyl (C=O) groups is 3. The van der Waals surface area contributed by atoms with Crippen LogP contribution in [-0.4, -0.2) is 67.5 Å². The number of nitrogens with two attached hydrogens (primary N) is 1. The summed E-state index contributed by atoms with van der Waals surface area (Å²) in [6.45, 7) is -0.0936. The van der Waals surface area contributed by atoms with Crippen molar-refractivity contribution in [3.63, 3.8) is 0 Å². The van der Waals surface area contributed by atoms with Crippen molar-refractivity contribution in [3.05, 3.63) is 52.2 Å². The van der Waals surface area contributed by atoms with Crippen LogP contribution in [0.2, 0.25) is 0 Å². The summed E-state index contributed by atoms with van der Waals surface area (Å²) in [5.41, 5.74) is 5.74. The van der Waals surface area contributed by atoms with E-state index >= 15 is 0 Å². The SMILES string of the molecule is N#Cc1cccc(OCC2=C(C(=O)O)N3C(=O)C(NC(=O)C(=NO)c4csc(N)n4)[C@@H]3SC2)c1. The molecule has 2 aromatic rings. The van der Waals surface area contributed by atoms with Gasteiger partial charge in [0.2, 0.25) is 0 Å². The number of rotatable bonds is 7. The summed E-state index contributed by atoms with van der Waals surface area (Å²) in [4.78, 5) is 42.3. The van der Waals surface area contributed by atoms with Crippen LogP contribution in [0.1, 0.15) is 11.3 Å². The van der Waals surface area contributed by atoms with Gasteiger partial charge in [-0.05, 0) is 18.2 Å². The van der Waals surface area contributed by atoms with Crippen molar-refractivity contribution < 1.29 is 29.4 Å². The van der Waals surface area contributed by atoms with Gasteiger partial charge in [-0.1, -0.05) is 11.2 Å². The minimum Gasteiger partial charge on any atom is -0.489 e. The minimum absolute atomic E-state index is 0.0495. The molecule has 3 heterocycles. The second kappa shape index (κ2) is 9.41. The zero-order chi connectivity index (χ0) is 24.4. The third-order valence-corrected chi connectivity index (χ3v) is 7.01. The number of nitrogens with one attached hydrogen (secondary N) is 1. The van der Waals surface area contributed by atoms with E-state index in [0.29, 0.717) is 16.9 Å². The Labute approximate surface area is 200 Å². The molecule has 2 amide bonds. The highest BCUT2D eigenvalue weighted by Gasteiger charge is 2.54. The standard InChI is InChI=1S/C20H16N6O6S2/c21-5-9-2-1-3-11(4-9)32-6-10-7-33-18-14(17(28)26(18)15(10)19(29)30)24-16(27)13(25-31)12-8-34-20(22)23-12/h1-4,8,14,18,31H,6-7H2,(H2,22,23)(H,24,27)(H,29,30)/t14?,18-/m0/s1. The first-order chi connectivity index (χ1) is 16.3. The maximum atomic E-state index is 12.8. The summed E-state index contributed by atoms with van der Waals surface area (Å²) in [5, 5.41) is 34.4. The van der Waals surface area contributed by atoms with Crippen LogP contribution in [0.5, 0.6) is 5.75 Å². The summed E-state index contributed by atoms with van der Waals surface area (Å²) in [6.07, 6.45) is 0. The largest absolute Gasteiger partial charge is 0.489 e. The number of amides is 2. The van der Waals surface area contributed by atoms with Gasteiger partial charge in [0.05, 0.1) is 11.6 Å². The molecule has 0 bridgehead atoms. The first kappa shape index (κ1) is 23.1. The second-order valence-corrected chi connectivity index (χ2v) is 9.06. The highest BCUT2D eigenvalue weighted by Crippen LogP contribution is 2.40. The average Bonchev–Trinajstić information content (AvgIpc) is 3.26. The summed E-state index contributed by atoms with van der Waals surface area (Å²) in [7, 11) is 0. The Morgan fingerprint density at radius 2 is 2.24 bits per heavy atom. The molecule has 12 nitrogen and oxygen atoms in total. The third-order valence-electron chi connectivity index (χ3n) is 4.99. The van der Waals surface area contributed by atoms with Crippen LogP contribution in [0.25, 0.3) is 0 Å². The zero-order valence-corrected chi connectivity index (χ0v) is 18.8. The van der Waals surface area contributed by atoms with Crippen LogP contribution in [0.3, 0.4) is 0 Å².